The van der Waals surface area contributed by atoms with Crippen molar-refractivity contribution in [3.63, 3.8) is 0 Å². The molecule has 4 rings (SSSR count). The molecule has 0 radical (unpaired) electrons. The Balaban J connectivity index is 1.74. The molecule has 3 heterocycles. The summed E-state index contributed by atoms with van der Waals surface area (Å²) in [4.78, 5) is 107. The number of thioether (sulfide) groups is 1. The van der Waals surface area contributed by atoms with Crippen LogP contribution in [0.1, 0.15) is 105 Å². The van der Waals surface area contributed by atoms with Gasteiger partial charge in [-0.15, -0.1) is 11.3 Å². The predicted octanol–water partition coefficient (Wildman–Crippen LogP) is 3.74. The van der Waals surface area contributed by atoms with Crippen LogP contribution in [0.2, 0.25) is 0 Å². The molecule has 340 valence electrons. The van der Waals surface area contributed by atoms with Crippen LogP contribution >= 0.6 is 23.1 Å². The fourth-order valence-electron chi connectivity index (χ4n) is 7.51. The van der Waals surface area contributed by atoms with Crippen LogP contribution in [-0.4, -0.2) is 113 Å². The van der Waals surface area contributed by atoms with Crippen molar-refractivity contribution < 1.29 is 38.3 Å². The Bertz CT molecular complexity index is 1950. The third kappa shape index (κ3) is 13.1. The number of fused-ring (bicyclic) bond motifs is 1. The molecule has 1 fully saturated rings. The van der Waals surface area contributed by atoms with Gasteiger partial charge in [-0.25, -0.2) is 4.98 Å². The van der Waals surface area contributed by atoms with Gasteiger partial charge in [-0.3, -0.25) is 38.6 Å². The Morgan fingerprint density at radius 2 is 1.65 bits per heavy atom. The molecule has 0 spiro atoms. The molecule has 8 atom stereocenters. The fourth-order valence-corrected chi connectivity index (χ4v) is 8.88. The molecule has 18 heteroatoms. The smallest absolute Gasteiger partial charge is 0.316 e. The number of aliphatic imine (C=N–C) groups is 1. The normalized spacial score (nSPS) is 22.0. The number of hydrogen-bond acceptors (Lipinski definition) is 13. The van der Waals surface area contributed by atoms with Crippen molar-refractivity contribution in [2.75, 3.05) is 26.0 Å². The first-order chi connectivity index (χ1) is 29.0. The average Bonchev–Trinajstić information content (AvgIpc) is 3.89. The molecule has 62 heavy (non-hydrogen) atoms. The van der Waals surface area contributed by atoms with Gasteiger partial charge >= 0.3 is 5.97 Å². The molecule has 1 saturated heterocycles. The second kappa shape index (κ2) is 21.5. The summed E-state index contributed by atoms with van der Waals surface area (Å²) in [5.41, 5.74) is -0.783. The van der Waals surface area contributed by atoms with E-state index < -0.39 is 76.7 Å². The van der Waals surface area contributed by atoms with Crippen LogP contribution in [0.5, 0.6) is 0 Å². The molecule has 5 N–H and O–H groups in total. The number of rotatable bonds is 13. The lowest BCUT2D eigenvalue weighted by atomic mass is 9.82. The number of nitrogens with zero attached hydrogens (tertiary/aromatic N) is 3. The van der Waals surface area contributed by atoms with E-state index in [-0.39, 0.29) is 53.3 Å². The summed E-state index contributed by atoms with van der Waals surface area (Å²) in [5.74, 6) is -3.89. The summed E-state index contributed by atoms with van der Waals surface area (Å²) in [6.45, 7) is 18.6. The number of carbonyl (C=O) groups is 7. The number of hydrogen-bond donors (Lipinski definition) is 5. The summed E-state index contributed by atoms with van der Waals surface area (Å²) < 4.78 is 4.67. The van der Waals surface area contributed by atoms with Gasteiger partial charge < -0.3 is 36.2 Å². The van der Waals surface area contributed by atoms with E-state index in [1.54, 1.807) is 11.6 Å². The number of thiazole rings is 1. The van der Waals surface area contributed by atoms with Crippen LogP contribution in [-0.2, 0) is 38.3 Å². The van der Waals surface area contributed by atoms with E-state index in [1.165, 1.54) is 23.3 Å². The second-order valence-corrected chi connectivity index (χ2v) is 20.5. The molecule has 2 aliphatic heterocycles. The lowest BCUT2D eigenvalue weighted by molar-refractivity contribution is -0.140. The largest absolute Gasteiger partial charge is 0.468 e. The molecular formula is C44H64N8O8S2. The standard InChI is InChI=1S/C44H64N8O8S2/c1-24(2)32-38(56)51-35(43(5,6)7)37(46-22-29(53)52-19-17-25(3)34(52)40(58)48-32)50-36(44(8,9)10)41(59)49-33(26(4)27-15-13-12-14-16-27)39(57)47-28(42-45-18-20-61-42)21-31(55)62-23-30(54)60-11/h12-16,18,20,24-26,28,32-36H,17,19,21-23H2,1-11H3,(H,46,50)(H,47,57)(H,48,58)(H,49,59)(H,51,56)/t25-,26+,28-,32+,33?,34+,35?,36?/m1/s1. The van der Waals surface area contributed by atoms with Gasteiger partial charge in [0.15, 0.2) is 5.12 Å². The van der Waals surface area contributed by atoms with E-state index in [9.17, 15) is 33.6 Å². The summed E-state index contributed by atoms with van der Waals surface area (Å²) in [6.07, 6.45) is 2.00. The van der Waals surface area contributed by atoms with Gasteiger partial charge in [-0.05, 0) is 34.7 Å². The van der Waals surface area contributed by atoms with E-state index >= 15 is 0 Å². The molecule has 2 aliphatic rings. The third-order valence-corrected chi connectivity index (χ3v) is 12.9. The Morgan fingerprint density at radius 3 is 2.23 bits per heavy atom. The Morgan fingerprint density at radius 1 is 0.968 bits per heavy atom. The predicted molar refractivity (Wildman–Crippen MR) is 240 cm³/mol. The molecule has 5 amide bonds. The molecule has 2 aromatic rings. The van der Waals surface area contributed by atoms with Crippen molar-refractivity contribution in [1.29, 1.82) is 0 Å². The second-order valence-electron chi connectivity index (χ2n) is 18.5. The zero-order valence-corrected chi connectivity index (χ0v) is 39.3. The van der Waals surface area contributed by atoms with Gasteiger partial charge in [-0.2, -0.15) is 0 Å². The quantitative estimate of drug-likeness (QED) is 0.183. The van der Waals surface area contributed by atoms with Crippen LogP contribution in [0, 0.1) is 22.7 Å². The highest BCUT2D eigenvalue weighted by atomic mass is 32.2. The van der Waals surface area contributed by atoms with E-state index in [4.69, 9.17) is 4.99 Å². The molecule has 0 aliphatic carbocycles. The summed E-state index contributed by atoms with van der Waals surface area (Å²) >= 11 is 2.03. The SMILES string of the molecule is COC(=O)CSC(=O)C[C@@H](NC(=O)C(NC(=O)C(NC1=NCC(=O)N2CC[C@@H](C)[C@H]2C(=O)N[C@@H](C(C)C)C(=O)NC1C(C)(C)C)C(C)(C)C)[C@@H](C)c1ccccc1)c1nccs1. The summed E-state index contributed by atoms with van der Waals surface area (Å²) in [7, 11) is 1.23. The van der Waals surface area contributed by atoms with Gasteiger partial charge in [0, 0.05) is 30.5 Å². The van der Waals surface area contributed by atoms with Crippen molar-refractivity contribution in [3.05, 3.63) is 52.5 Å². The van der Waals surface area contributed by atoms with E-state index in [2.05, 4.69) is 36.3 Å². The maximum atomic E-state index is 14.9. The maximum absolute atomic E-state index is 14.9. The van der Waals surface area contributed by atoms with Gasteiger partial charge in [0.2, 0.25) is 29.5 Å². The van der Waals surface area contributed by atoms with Crippen LogP contribution in [0.3, 0.4) is 0 Å². The van der Waals surface area contributed by atoms with Crippen molar-refractivity contribution >= 4 is 69.6 Å². The Kier molecular flexibility index (Phi) is 17.3. The average molecular weight is 897 g/mol. The highest BCUT2D eigenvalue weighted by Gasteiger charge is 2.44. The van der Waals surface area contributed by atoms with Crippen molar-refractivity contribution in [2.24, 2.45) is 27.7 Å². The van der Waals surface area contributed by atoms with Gasteiger partial charge in [0.05, 0.1) is 24.9 Å². The Hall–Kier alpha value is -4.84. The number of aromatic nitrogens is 1. The van der Waals surface area contributed by atoms with Crippen LogP contribution < -0.4 is 26.6 Å². The molecular weight excluding hydrogens is 833 g/mol. The zero-order valence-electron chi connectivity index (χ0n) is 37.7. The van der Waals surface area contributed by atoms with Gasteiger partial charge in [0.25, 0.3) is 0 Å². The first kappa shape index (κ1) is 49.8. The molecule has 16 nitrogen and oxygen atoms in total. The number of ether oxygens (including phenoxy) is 1. The topological polar surface area (TPSA) is 217 Å². The van der Waals surface area contributed by atoms with Crippen LogP contribution in [0.15, 0.2) is 46.9 Å². The molecule has 3 unspecified atom stereocenters. The van der Waals surface area contributed by atoms with Gasteiger partial charge in [0.1, 0.15) is 41.6 Å². The minimum atomic E-state index is -1.17. The third-order valence-electron chi connectivity index (χ3n) is 11.2. The first-order valence-electron chi connectivity index (χ1n) is 21.0. The minimum Gasteiger partial charge on any atom is -0.468 e. The molecule has 1 aromatic heterocycles. The number of amides is 5. The highest BCUT2D eigenvalue weighted by molar-refractivity contribution is 8.14. The lowest BCUT2D eigenvalue weighted by Crippen LogP contribution is -2.65. The maximum Gasteiger partial charge on any atom is 0.316 e. The van der Waals surface area contributed by atoms with E-state index in [1.807, 2.05) is 99.6 Å². The van der Waals surface area contributed by atoms with Crippen LogP contribution in [0.25, 0.3) is 0 Å². The number of carbonyl (C=O) groups excluding carboxylic acids is 7. The van der Waals surface area contributed by atoms with E-state index in [0.717, 1.165) is 17.3 Å². The summed E-state index contributed by atoms with van der Waals surface area (Å²) in [6, 6.07) is 3.57. The van der Waals surface area contributed by atoms with Crippen molar-refractivity contribution in [1.82, 2.24) is 36.5 Å². The first-order valence-corrected chi connectivity index (χ1v) is 22.9. The molecule has 1 aromatic carbocycles. The molecule has 0 saturated carbocycles. The Labute approximate surface area is 373 Å². The number of amidine groups is 1. The summed E-state index contributed by atoms with van der Waals surface area (Å²) in [5, 5.41) is 17.2. The zero-order chi connectivity index (χ0) is 46.1. The number of methoxy groups -OCH3 is 1. The fraction of sp³-hybridized carbons (Fsp3) is 0.614. The monoisotopic (exact) mass is 896 g/mol. The van der Waals surface area contributed by atoms with Crippen molar-refractivity contribution in [2.45, 2.75) is 124 Å². The number of esters is 1. The minimum absolute atomic E-state index is 0.137. The van der Waals surface area contributed by atoms with Crippen LogP contribution in [0.4, 0.5) is 0 Å². The number of nitrogens with one attached hydrogen (secondary N) is 5. The molecule has 0 bridgehead atoms. The van der Waals surface area contributed by atoms with E-state index in [0.29, 0.717) is 18.0 Å². The lowest BCUT2D eigenvalue weighted by Gasteiger charge is -2.39. The number of benzene rings is 1. The highest BCUT2D eigenvalue weighted by Crippen LogP contribution is 2.29. The van der Waals surface area contributed by atoms with Crippen molar-refractivity contribution in [3.8, 4) is 0 Å². The van der Waals surface area contributed by atoms with Gasteiger partial charge in [-0.1, -0.05) is 111 Å².